The van der Waals surface area contributed by atoms with E-state index in [1.54, 1.807) is 0 Å². The standard InChI is InChI=1S/C17H28O2.C17H32O2/c1-5-17-10-7-12-15(2,3)8-6-9-16(12,4)13(17)11-14(18)19-17;1-5-17(19)11-7-13-15(2,3)9-6-10-16(13,4)14(17)8-12-18/h12-13H,5-11H2,1-4H3;13-14,18-19H,5-12H2,1-4H3/t;13-,14-,16?,17+/m.0/s1. The quantitative estimate of drug-likeness (QED) is 0.359. The molecule has 1 aliphatic heterocycles. The van der Waals surface area contributed by atoms with Crippen molar-refractivity contribution in [3.63, 3.8) is 0 Å². The number of esters is 1. The van der Waals surface area contributed by atoms with Gasteiger partial charge >= 0.3 is 5.97 Å². The highest BCUT2D eigenvalue weighted by Crippen LogP contribution is 2.66. The Morgan fingerprint density at radius 1 is 0.763 bits per heavy atom. The molecule has 0 aromatic heterocycles. The average molecular weight is 533 g/mol. The van der Waals surface area contributed by atoms with Crippen molar-refractivity contribution in [1.29, 1.82) is 0 Å². The van der Waals surface area contributed by atoms with Gasteiger partial charge in [-0.25, -0.2) is 0 Å². The molecule has 0 aromatic rings. The Labute approximate surface area is 234 Å². The van der Waals surface area contributed by atoms with Crippen LogP contribution in [0.1, 0.15) is 145 Å². The molecule has 5 unspecified atom stereocenters. The molecule has 38 heavy (non-hydrogen) atoms. The first-order valence-corrected chi connectivity index (χ1v) is 16.2. The number of fused-ring (bicyclic) bond motifs is 4. The maximum atomic E-state index is 11.9. The molecule has 0 spiro atoms. The second kappa shape index (κ2) is 10.3. The molecule has 5 aliphatic rings. The molecule has 4 nitrogen and oxygen atoms in total. The molecule has 1 heterocycles. The van der Waals surface area contributed by atoms with Crippen LogP contribution in [-0.2, 0) is 9.53 Å². The Bertz CT molecular complexity index is 865. The normalized spacial score (nSPS) is 47.1. The minimum Gasteiger partial charge on any atom is -0.459 e. The summed E-state index contributed by atoms with van der Waals surface area (Å²) in [4.78, 5) is 11.9. The van der Waals surface area contributed by atoms with Gasteiger partial charge in [-0.2, -0.15) is 0 Å². The lowest BCUT2D eigenvalue weighted by Gasteiger charge is -2.61. The number of carbonyl (C=O) groups is 1. The van der Waals surface area contributed by atoms with E-state index in [-0.39, 0.29) is 29.5 Å². The average Bonchev–Trinajstić information content (AvgIpc) is 3.19. The van der Waals surface area contributed by atoms with E-state index in [0.29, 0.717) is 34.5 Å². The van der Waals surface area contributed by atoms with E-state index in [1.165, 1.54) is 44.9 Å². The third-order valence-corrected chi connectivity index (χ3v) is 13.5. The zero-order valence-electron chi connectivity index (χ0n) is 26.1. The first-order valence-electron chi connectivity index (χ1n) is 16.2. The van der Waals surface area contributed by atoms with Crippen molar-refractivity contribution >= 4 is 5.97 Å². The summed E-state index contributed by atoms with van der Waals surface area (Å²) in [5.41, 5.74) is 0.640. The molecule has 5 fully saturated rings. The second-order valence-corrected chi connectivity index (χ2v) is 16.0. The van der Waals surface area contributed by atoms with Gasteiger partial charge in [-0.15, -0.1) is 0 Å². The van der Waals surface area contributed by atoms with E-state index < -0.39 is 5.60 Å². The number of aliphatic hydroxyl groups excluding tert-OH is 1. The number of hydrogen-bond acceptors (Lipinski definition) is 4. The zero-order valence-corrected chi connectivity index (χ0v) is 26.1. The van der Waals surface area contributed by atoms with Gasteiger partial charge in [0.15, 0.2) is 0 Å². The lowest BCUT2D eigenvalue weighted by molar-refractivity contribution is -0.180. The van der Waals surface area contributed by atoms with Crippen LogP contribution in [0.5, 0.6) is 0 Å². The van der Waals surface area contributed by atoms with Gasteiger partial charge in [0, 0.05) is 12.5 Å². The number of carbonyl (C=O) groups excluding carboxylic acids is 1. The van der Waals surface area contributed by atoms with Crippen LogP contribution in [0.2, 0.25) is 0 Å². The predicted molar refractivity (Wildman–Crippen MR) is 155 cm³/mol. The lowest BCUT2D eigenvalue weighted by Crippen LogP contribution is -2.58. The zero-order chi connectivity index (χ0) is 28.2. The molecule has 4 saturated carbocycles. The van der Waals surface area contributed by atoms with Gasteiger partial charge in [-0.05, 0) is 110 Å². The Kier molecular flexibility index (Phi) is 8.26. The van der Waals surface area contributed by atoms with Gasteiger partial charge in [0.25, 0.3) is 0 Å². The van der Waals surface area contributed by atoms with Gasteiger partial charge in [0.05, 0.1) is 12.0 Å². The van der Waals surface area contributed by atoms with Crippen LogP contribution in [0.15, 0.2) is 0 Å². The monoisotopic (exact) mass is 532 g/mol. The van der Waals surface area contributed by atoms with E-state index >= 15 is 0 Å². The van der Waals surface area contributed by atoms with Crippen LogP contribution in [0.3, 0.4) is 0 Å². The van der Waals surface area contributed by atoms with Crippen LogP contribution in [0.4, 0.5) is 0 Å². The van der Waals surface area contributed by atoms with E-state index in [9.17, 15) is 15.0 Å². The molecule has 8 atom stereocenters. The highest BCUT2D eigenvalue weighted by Gasteiger charge is 2.64. The second-order valence-electron chi connectivity index (χ2n) is 16.0. The van der Waals surface area contributed by atoms with E-state index in [4.69, 9.17) is 4.74 Å². The maximum absolute atomic E-state index is 11.9. The minimum atomic E-state index is -0.554. The highest BCUT2D eigenvalue weighted by atomic mass is 16.6. The van der Waals surface area contributed by atoms with E-state index in [1.807, 2.05) is 0 Å². The number of ether oxygens (including phenoxy) is 1. The number of aliphatic hydroxyl groups is 2. The van der Waals surface area contributed by atoms with Gasteiger partial charge in [0.2, 0.25) is 0 Å². The molecule has 1 saturated heterocycles. The molecular weight excluding hydrogens is 472 g/mol. The summed E-state index contributed by atoms with van der Waals surface area (Å²) in [7, 11) is 0. The topological polar surface area (TPSA) is 66.8 Å². The van der Waals surface area contributed by atoms with Crippen LogP contribution in [-0.4, -0.2) is 34.0 Å². The Balaban J connectivity index is 0.000000177. The third kappa shape index (κ3) is 4.80. The first-order chi connectivity index (χ1) is 17.6. The van der Waals surface area contributed by atoms with Crippen LogP contribution in [0.25, 0.3) is 0 Å². The van der Waals surface area contributed by atoms with Crippen molar-refractivity contribution in [2.75, 3.05) is 6.61 Å². The molecular formula is C34H60O4. The number of rotatable bonds is 4. The largest absolute Gasteiger partial charge is 0.459 e. The summed E-state index contributed by atoms with van der Waals surface area (Å²) in [6.07, 6.45) is 15.3. The van der Waals surface area contributed by atoms with Crippen LogP contribution in [0, 0.1) is 45.3 Å². The fourth-order valence-corrected chi connectivity index (χ4v) is 11.6. The molecule has 220 valence electrons. The Morgan fingerprint density at radius 2 is 1.32 bits per heavy atom. The summed E-state index contributed by atoms with van der Waals surface area (Å²) in [6.45, 7) is 19.0. The van der Waals surface area contributed by atoms with Crippen molar-refractivity contribution in [3.8, 4) is 0 Å². The molecule has 5 rings (SSSR count). The van der Waals surface area contributed by atoms with Crippen LogP contribution < -0.4 is 0 Å². The lowest BCUT2D eigenvalue weighted by atomic mass is 9.45. The molecule has 0 bridgehead atoms. The molecule has 4 heteroatoms. The Hall–Kier alpha value is -0.610. The highest BCUT2D eigenvalue weighted by molar-refractivity contribution is 5.73. The number of hydrogen-bond donors (Lipinski definition) is 2. The molecule has 0 radical (unpaired) electrons. The third-order valence-electron chi connectivity index (χ3n) is 13.5. The first kappa shape index (κ1) is 30.4. The summed E-state index contributed by atoms with van der Waals surface area (Å²) in [5, 5.41) is 20.5. The predicted octanol–water partition coefficient (Wildman–Crippen LogP) is 8.08. The summed E-state index contributed by atoms with van der Waals surface area (Å²) in [6, 6.07) is 0. The van der Waals surface area contributed by atoms with Crippen molar-refractivity contribution < 1.29 is 19.7 Å². The van der Waals surface area contributed by atoms with Crippen molar-refractivity contribution in [2.45, 2.75) is 156 Å². The molecule has 0 aromatic carbocycles. The summed E-state index contributed by atoms with van der Waals surface area (Å²) < 4.78 is 5.85. The van der Waals surface area contributed by atoms with Crippen molar-refractivity contribution in [2.24, 2.45) is 45.3 Å². The SMILES string of the molecule is CCC12CCC3C(C)(C)CCCC3(C)C1CC(=O)O2.CC[C@@]1(O)CC[C@H]2C(C)(C)CCCC2(C)[C@@H]1CCO. The Morgan fingerprint density at radius 3 is 1.87 bits per heavy atom. The molecule has 2 N–H and O–H groups in total. The van der Waals surface area contributed by atoms with Gasteiger partial charge in [-0.1, -0.05) is 68.2 Å². The van der Waals surface area contributed by atoms with Gasteiger partial charge in [0.1, 0.15) is 5.60 Å². The smallest absolute Gasteiger partial charge is 0.306 e. The minimum absolute atomic E-state index is 0.0529. The summed E-state index contributed by atoms with van der Waals surface area (Å²) >= 11 is 0. The fraction of sp³-hybridized carbons (Fsp3) is 0.971. The van der Waals surface area contributed by atoms with Crippen molar-refractivity contribution in [3.05, 3.63) is 0 Å². The van der Waals surface area contributed by atoms with Crippen LogP contribution >= 0.6 is 0 Å². The fourth-order valence-electron chi connectivity index (χ4n) is 11.6. The van der Waals surface area contributed by atoms with Crippen molar-refractivity contribution in [1.82, 2.24) is 0 Å². The van der Waals surface area contributed by atoms with E-state index in [0.717, 1.165) is 44.4 Å². The molecule has 4 aliphatic carbocycles. The van der Waals surface area contributed by atoms with Gasteiger partial charge < -0.3 is 14.9 Å². The molecule has 0 amide bonds. The maximum Gasteiger partial charge on any atom is 0.306 e. The van der Waals surface area contributed by atoms with Gasteiger partial charge in [-0.3, -0.25) is 4.79 Å². The van der Waals surface area contributed by atoms with E-state index in [2.05, 4.69) is 55.4 Å². The summed E-state index contributed by atoms with van der Waals surface area (Å²) in [5.74, 6) is 2.21.